The van der Waals surface area contributed by atoms with E-state index in [1.54, 1.807) is 0 Å². The van der Waals surface area contributed by atoms with Crippen LogP contribution in [0.5, 0.6) is 0 Å². The molecule has 0 radical (unpaired) electrons. The van der Waals surface area contributed by atoms with Gasteiger partial charge in [-0.05, 0) is 20.3 Å². The molecule has 0 aliphatic heterocycles. The standard InChI is InChI=1S/C10H16O2/c1-4-5-6-7-8-10(3,12)9(2)11/h12H,4-6H2,1-3H3. The van der Waals surface area contributed by atoms with Crippen molar-refractivity contribution >= 4 is 5.78 Å². The van der Waals surface area contributed by atoms with Gasteiger partial charge in [-0.2, -0.15) is 0 Å². The lowest BCUT2D eigenvalue weighted by Crippen LogP contribution is -2.30. The van der Waals surface area contributed by atoms with E-state index in [0.717, 1.165) is 19.3 Å². The first-order chi connectivity index (χ1) is 5.50. The van der Waals surface area contributed by atoms with Crippen LogP contribution in [0.4, 0.5) is 0 Å². The molecule has 12 heavy (non-hydrogen) atoms. The van der Waals surface area contributed by atoms with Crippen molar-refractivity contribution in [3.05, 3.63) is 0 Å². The molecular weight excluding hydrogens is 152 g/mol. The van der Waals surface area contributed by atoms with Crippen LogP contribution < -0.4 is 0 Å². The summed E-state index contributed by atoms with van der Waals surface area (Å²) in [6.45, 7) is 4.84. The minimum atomic E-state index is -1.45. The second kappa shape index (κ2) is 4.95. The number of ketones is 1. The van der Waals surface area contributed by atoms with Gasteiger partial charge < -0.3 is 5.11 Å². The van der Waals surface area contributed by atoms with Gasteiger partial charge in [0.2, 0.25) is 0 Å². The molecule has 1 atom stereocenters. The van der Waals surface area contributed by atoms with Crippen LogP contribution in [0.15, 0.2) is 0 Å². The van der Waals surface area contributed by atoms with E-state index in [2.05, 4.69) is 18.8 Å². The molecule has 0 saturated heterocycles. The van der Waals surface area contributed by atoms with Crippen molar-refractivity contribution in [3.63, 3.8) is 0 Å². The molecule has 0 heterocycles. The number of hydrogen-bond acceptors (Lipinski definition) is 2. The molecule has 0 aromatic heterocycles. The molecule has 0 amide bonds. The van der Waals surface area contributed by atoms with Gasteiger partial charge in [0, 0.05) is 6.42 Å². The summed E-state index contributed by atoms with van der Waals surface area (Å²) in [7, 11) is 0. The van der Waals surface area contributed by atoms with E-state index in [1.165, 1.54) is 13.8 Å². The van der Waals surface area contributed by atoms with E-state index in [0.29, 0.717) is 0 Å². The van der Waals surface area contributed by atoms with Gasteiger partial charge in [-0.15, -0.1) is 0 Å². The Morgan fingerprint density at radius 3 is 2.58 bits per heavy atom. The zero-order valence-electron chi connectivity index (χ0n) is 7.98. The maximum absolute atomic E-state index is 10.8. The molecule has 1 N–H and O–H groups in total. The summed E-state index contributed by atoms with van der Waals surface area (Å²) in [5.74, 6) is 5.04. The predicted octanol–water partition coefficient (Wildman–Crippen LogP) is 1.52. The first-order valence-electron chi connectivity index (χ1n) is 4.24. The molecule has 68 valence electrons. The molecule has 0 fully saturated rings. The van der Waals surface area contributed by atoms with Crippen LogP contribution in [0.2, 0.25) is 0 Å². The Bertz CT molecular complexity index is 206. The number of Topliss-reactive ketones (excluding diaryl/α,β-unsaturated/α-hetero) is 1. The molecule has 2 heteroatoms. The van der Waals surface area contributed by atoms with Crippen LogP contribution in [0.25, 0.3) is 0 Å². The average Bonchev–Trinajstić information content (AvgIpc) is 1.98. The average molecular weight is 168 g/mol. The SMILES string of the molecule is CCCCC#CC(C)(O)C(C)=O. The molecule has 0 bridgehead atoms. The Morgan fingerprint density at radius 2 is 2.17 bits per heavy atom. The van der Waals surface area contributed by atoms with Crippen molar-refractivity contribution in [3.8, 4) is 11.8 Å². The summed E-state index contributed by atoms with van der Waals surface area (Å²) in [6.07, 6.45) is 2.85. The fourth-order valence-corrected chi connectivity index (χ4v) is 0.588. The van der Waals surface area contributed by atoms with Crippen LogP contribution in [0.1, 0.15) is 40.0 Å². The molecule has 0 aromatic rings. The highest BCUT2D eigenvalue weighted by Crippen LogP contribution is 2.02. The number of hydrogen-bond donors (Lipinski definition) is 1. The highest BCUT2D eigenvalue weighted by molar-refractivity contribution is 5.87. The maximum Gasteiger partial charge on any atom is 0.180 e. The number of carbonyl (C=O) groups is 1. The van der Waals surface area contributed by atoms with Crippen molar-refractivity contribution in [2.75, 3.05) is 0 Å². The summed E-state index contributed by atoms with van der Waals surface area (Å²) >= 11 is 0. The Labute approximate surface area is 74.0 Å². The quantitative estimate of drug-likeness (QED) is 0.512. The summed E-state index contributed by atoms with van der Waals surface area (Å²) in [5, 5.41) is 9.37. The van der Waals surface area contributed by atoms with Crippen LogP contribution in [-0.2, 0) is 4.79 Å². The van der Waals surface area contributed by atoms with Gasteiger partial charge in [0.1, 0.15) is 0 Å². The molecule has 0 rings (SSSR count). The Morgan fingerprint density at radius 1 is 1.58 bits per heavy atom. The minimum absolute atomic E-state index is 0.300. The molecule has 2 nitrogen and oxygen atoms in total. The van der Waals surface area contributed by atoms with Crippen LogP contribution in [0.3, 0.4) is 0 Å². The molecule has 0 aromatic carbocycles. The maximum atomic E-state index is 10.8. The molecule has 0 aliphatic carbocycles. The van der Waals surface area contributed by atoms with Gasteiger partial charge in [0.05, 0.1) is 0 Å². The number of unbranched alkanes of at least 4 members (excludes halogenated alkanes) is 2. The Balaban J connectivity index is 4.01. The molecule has 0 aliphatic rings. The molecular formula is C10H16O2. The third-order valence-corrected chi connectivity index (χ3v) is 1.67. The van der Waals surface area contributed by atoms with E-state index in [4.69, 9.17) is 0 Å². The van der Waals surface area contributed by atoms with Gasteiger partial charge in [0.15, 0.2) is 11.4 Å². The van der Waals surface area contributed by atoms with Crippen molar-refractivity contribution in [1.82, 2.24) is 0 Å². The van der Waals surface area contributed by atoms with E-state index in [-0.39, 0.29) is 5.78 Å². The normalized spacial score (nSPS) is 14.3. The summed E-state index contributed by atoms with van der Waals surface area (Å²) in [6, 6.07) is 0. The van der Waals surface area contributed by atoms with E-state index < -0.39 is 5.60 Å². The number of rotatable bonds is 3. The first-order valence-corrected chi connectivity index (χ1v) is 4.24. The monoisotopic (exact) mass is 168 g/mol. The summed E-state index contributed by atoms with van der Waals surface area (Å²) in [5.41, 5.74) is -1.45. The van der Waals surface area contributed by atoms with E-state index >= 15 is 0 Å². The molecule has 0 spiro atoms. The lowest BCUT2D eigenvalue weighted by atomic mass is 10.0. The predicted molar refractivity (Wildman–Crippen MR) is 48.6 cm³/mol. The topological polar surface area (TPSA) is 37.3 Å². The van der Waals surface area contributed by atoms with Gasteiger partial charge >= 0.3 is 0 Å². The molecule has 1 unspecified atom stereocenters. The molecule has 0 saturated carbocycles. The first kappa shape index (κ1) is 11.2. The van der Waals surface area contributed by atoms with Crippen LogP contribution in [-0.4, -0.2) is 16.5 Å². The van der Waals surface area contributed by atoms with E-state index in [1.807, 2.05) is 0 Å². The van der Waals surface area contributed by atoms with Gasteiger partial charge in [-0.25, -0.2) is 0 Å². The van der Waals surface area contributed by atoms with E-state index in [9.17, 15) is 9.90 Å². The van der Waals surface area contributed by atoms with Crippen molar-refractivity contribution in [1.29, 1.82) is 0 Å². The highest BCUT2D eigenvalue weighted by atomic mass is 16.3. The second-order valence-corrected chi connectivity index (χ2v) is 3.03. The lowest BCUT2D eigenvalue weighted by Gasteiger charge is -2.10. The number of carbonyl (C=O) groups excluding carboxylic acids is 1. The minimum Gasteiger partial charge on any atom is -0.371 e. The van der Waals surface area contributed by atoms with Crippen molar-refractivity contribution in [2.45, 2.75) is 45.6 Å². The summed E-state index contributed by atoms with van der Waals surface area (Å²) < 4.78 is 0. The Hall–Kier alpha value is -0.810. The van der Waals surface area contributed by atoms with Crippen molar-refractivity contribution in [2.24, 2.45) is 0 Å². The third-order valence-electron chi connectivity index (χ3n) is 1.67. The largest absolute Gasteiger partial charge is 0.371 e. The van der Waals surface area contributed by atoms with Crippen LogP contribution in [0, 0.1) is 11.8 Å². The zero-order chi connectivity index (χ0) is 9.61. The fraction of sp³-hybridized carbons (Fsp3) is 0.700. The summed E-state index contributed by atoms with van der Waals surface area (Å²) in [4.78, 5) is 10.8. The lowest BCUT2D eigenvalue weighted by molar-refractivity contribution is -0.128. The Kier molecular flexibility index (Phi) is 4.61. The third kappa shape index (κ3) is 4.15. The highest BCUT2D eigenvalue weighted by Gasteiger charge is 2.22. The van der Waals surface area contributed by atoms with Crippen molar-refractivity contribution < 1.29 is 9.90 Å². The fourth-order valence-electron chi connectivity index (χ4n) is 0.588. The van der Waals surface area contributed by atoms with Gasteiger partial charge in [-0.3, -0.25) is 4.79 Å². The van der Waals surface area contributed by atoms with Gasteiger partial charge in [-0.1, -0.05) is 25.2 Å². The second-order valence-electron chi connectivity index (χ2n) is 3.03. The van der Waals surface area contributed by atoms with Gasteiger partial charge in [0.25, 0.3) is 0 Å². The van der Waals surface area contributed by atoms with Crippen LogP contribution >= 0.6 is 0 Å². The zero-order valence-corrected chi connectivity index (χ0v) is 7.98. The number of aliphatic hydroxyl groups is 1. The smallest absolute Gasteiger partial charge is 0.180 e.